The molecule has 0 aromatic carbocycles. The molecule has 1 aliphatic rings. The number of hydrogen-bond acceptors (Lipinski definition) is 3. The summed E-state index contributed by atoms with van der Waals surface area (Å²) in [7, 11) is 0. The Kier molecular flexibility index (Phi) is 3.98. The highest BCUT2D eigenvalue weighted by atomic mass is 16.7. The first-order chi connectivity index (χ1) is 8.24. The van der Waals surface area contributed by atoms with Gasteiger partial charge in [-0.1, -0.05) is 12.8 Å². The molecular formula is C13H17NO3. The summed E-state index contributed by atoms with van der Waals surface area (Å²) >= 11 is 0. The molecule has 1 aromatic heterocycles. The monoisotopic (exact) mass is 235 g/mol. The molecule has 4 nitrogen and oxygen atoms in total. The average Bonchev–Trinajstić information content (AvgIpc) is 2.95. The molecule has 0 spiro atoms. The zero-order valence-corrected chi connectivity index (χ0v) is 9.94. The highest BCUT2D eigenvalue weighted by Gasteiger charge is 2.16. The molecule has 1 amide bonds. The molecule has 1 heterocycles. The van der Waals surface area contributed by atoms with Gasteiger partial charge in [-0.05, 0) is 38.0 Å². The largest absolute Gasteiger partial charge is 0.462 e. The quantitative estimate of drug-likeness (QED) is 0.644. The standard InChI is InChI=1S/C13H17NO3/c1-10-6-7-11(16-10)8-9-13(15)14-17-12-4-2-3-5-12/h6-9,12H,2-5H2,1H3,(H,14,15)/b9-8+. The van der Waals surface area contributed by atoms with Crippen LogP contribution in [-0.4, -0.2) is 12.0 Å². The third kappa shape index (κ3) is 3.75. The van der Waals surface area contributed by atoms with Gasteiger partial charge in [-0.15, -0.1) is 0 Å². The molecule has 1 fully saturated rings. The van der Waals surface area contributed by atoms with E-state index in [0.717, 1.165) is 18.6 Å². The SMILES string of the molecule is Cc1ccc(/C=C/C(=O)NOC2CCCC2)o1. The topological polar surface area (TPSA) is 51.5 Å². The lowest BCUT2D eigenvalue weighted by Crippen LogP contribution is -2.26. The van der Waals surface area contributed by atoms with Crippen LogP contribution in [0.4, 0.5) is 0 Å². The molecule has 92 valence electrons. The smallest absolute Gasteiger partial charge is 0.267 e. The number of hydrogen-bond donors (Lipinski definition) is 1. The molecule has 0 bridgehead atoms. The molecule has 4 heteroatoms. The van der Waals surface area contributed by atoms with Crippen LogP contribution in [0.5, 0.6) is 0 Å². The van der Waals surface area contributed by atoms with Crippen molar-refractivity contribution in [1.29, 1.82) is 0 Å². The highest BCUT2D eigenvalue weighted by molar-refractivity contribution is 5.90. The van der Waals surface area contributed by atoms with E-state index < -0.39 is 0 Å². The maximum absolute atomic E-state index is 11.4. The highest BCUT2D eigenvalue weighted by Crippen LogP contribution is 2.19. The van der Waals surface area contributed by atoms with Crippen molar-refractivity contribution in [1.82, 2.24) is 5.48 Å². The van der Waals surface area contributed by atoms with Crippen LogP contribution in [0.15, 0.2) is 22.6 Å². The van der Waals surface area contributed by atoms with Gasteiger partial charge in [0, 0.05) is 6.08 Å². The van der Waals surface area contributed by atoms with Crippen LogP contribution in [-0.2, 0) is 9.63 Å². The Morgan fingerprint density at radius 1 is 1.47 bits per heavy atom. The van der Waals surface area contributed by atoms with Gasteiger partial charge in [0.25, 0.3) is 5.91 Å². The fourth-order valence-corrected chi connectivity index (χ4v) is 1.88. The third-order valence-electron chi connectivity index (χ3n) is 2.79. The van der Waals surface area contributed by atoms with E-state index >= 15 is 0 Å². The lowest BCUT2D eigenvalue weighted by atomic mass is 10.3. The summed E-state index contributed by atoms with van der Waals surface area (Å²) in [6.45, 7) is 1.86. The Bertz CT molecular complexity index is 403. The number of rotatable bonds is 4. The zero-order valence-electron chi connectivity index (χ0n) is 9.94. The summed E-state index contributed by atoms with van der Waals surface area (Å²) < 4.78 is 5.30. The zero-order chi connectivity index (χ0) is 12.1. The van der Waals surface area contributed by atoms with Gasteiger partial charge in [-0.25, -0.2) is 5.48 Å². The Hall–Kier alpha value is -1.55. The molecular weight excluding hydrogens is 218 g/mol. The minimum absolute atomic E-state index is 0.179. The molecule has 1 saturated carbocycles. The molecule has 1 N–H and O–H groups in total. The summed E-state index contributed by atoms with van der Waals surface area (Å²) in [5.74, 6) is 1.23. The summed E-state index contributed by atoms with van der Waals surface area (Å²) in [6.07, 6.45) is 7.64. The van der Waals surface area contributed by atoms with E-state index in [0.29, 0.717) is 5.76 Å². The molecule has 2 rings (SSSR count). The Labute approximate surface area is 101 Å². The van der Waals surface area contributed by atoms with Crippen LogP contribution in [0.25, 0.3) is 6.08 Å². The maximum atomic E-state index is 11.4. The van der Waals surface area contributed by atoms with Crippen molar-refractivity contribution >= 4 is 12.0 Å². The Balaban J connectivity index is 1.74. The molecule has 1 aromatic rings. The lowest BCUT2D eigenvalue weighted by molar-refractivity contribution is -0.132. The minimum atomic E-state index is -0.258. The van der Waals surface area contributed by atoms with E-state index in [1.807, 2.05) is 19.1 Å². The first-order valence-corrected chi connectivity index (χ1v) is 5.94. The molecule has 0 atom stereocenters. The van der Waals surface area contributed by atoms with Crippen molar-refractivity contribution in [3.8, 4) is 0 Å². The number of nitrogens with one attached hydrogen (secondary N) is 1. The Morgan fingerprint density at radius 3 is 2.88 bits per heavy atom. The number of carbonyl (C=O) groups excluding carboxylic acids is 1. The van der Waals surface area contributed by atoms with E-state index in [-0.39, 0.29) is 12.0 Å². The second kappa shape index (κ2) is 5.68. The van der Waals surface area contributed by atoms with Crippen LogP contribution in [0.3, 0.4) is 0 Å². The van der Waals surface area contributed by atoms with Crippen LogP contribution in [0.2, 0.25) is 0 Å². The van der Waals surface area contributed by atoms with E-state index in [1.54, 1.807) is 6.08 Å². The van der Waals surface area contributed by atoms with Gasteiger partial charge in [0.05, 0.1) is 6.10 Å². The van der Waals surface area contributed by atoms with Gasteiger partial charge in [-0.2, -0.15) is 0 Å². The lowest BCUT2D eigenvalue weighted by Gasteiger charge is -2.09. The van der Waals surface area contributed by atoms with Gasteiger partial charge in [0.15, 0.2) is 0 Å². The van der Waals surface area contributed by atoms with Crippen LogP contribution < -0.4 is 5.48 Å². The van der Waals surface area contributed by atoms with Crippen molar-refractivity contribution in [3.05, 3.63) is 29.7 Å². The minimum Gasteiger partial charge on any atom is -0.462 e. The fraction of sp³-hybridized carbons (Fsp3) is 0.462. The number of carbonyl (C=O) groups is 1. The normalized spacial score (nSPS) is 16.8. The van der Waals surface area contributed by atoms with Gasteiger partial charge in [0.2, 0.25) is 0 Å². The molecule has 0 unspecified atom stereocenters. The first kappa shape index (κ1) is 11.9. The second-order valence-corrected chi connectivity index (χ2v) is 4.27. The third-order valence-corrected chi connectivity index (χ3v) is 2.79. The van der Waals surface area contributed by atoms with Gasteiger partial charge < -0.3 is 4.42 Å². The summed E-state index contributed by atoms with van der Waals surface area (Å²) in [6, 6.07) is 3.67. The Morgan fingerprint density at radius 2 is 2.24 bits per heavy atom. The average molecular weight is 235 g/mol. The van der Waals surface area contributed by atoms with Gasteiger partial charge >= 0.3 is 0 Å². The van der Waals surface area contributed by atoms with Crippen molar-refractivity contribution in [2.75, 3.05) is 0 Å². The second-order valence-electron chi connectivity index (χ2n) is 4.27. The summed E-state index contributed by atoms with van der Waals surface area (Å²) in [4.78, 5) is 16.7. The van der Waals surface area contributed by atoms with Crippen molar-refractivity contribution < 1.29 is 14.0 Å². The molecule has 0 saturated heterocycles. The predicted molar refractivity (Wildman–Crippen MR) is 64.0 cm³/mol. The number of furan rings is 1. The van der Waals surface area contributed by atoms with Gasteiger partial charge in [-0.3, -0.25) is 9.63 Å². The van der Waals surface area contributed by atoms with Crippen molar-refractivity contribution in [2.24, 2.45) is 0 Å². The number of amides is 1. The molecule has 0 radical (unpaired) electrons. The fourth-order valence-electron chi connectivity index (χ4n) is 1.88. The predicted octanol–water partition coefficient (Wildman–Crippen LogP) is 2.59. The molecule has 0 aliphatic heterocycles. The summed E-state index contributed by atoms with van der Waals surface area (Å²) in [5, 5.41) is 0. The van der Waals surface area contributed by atoms with E-state index in [2.05, 4.69) is 5.48 Å². The van der Waals surface area contributed by atoms with Crippen LogP contribution in [0, 0.1) is 6.92 Å². The number of aryl methyl sites for hydroxylation is 1. The van der Waals surface area contributed by atoms with Crippen molar-refractivity contribution in [2.45, 2.75) is 38.7 Å². The van der Waals surface area contributed by atoms with E-state index in [4.69, 9.17) is 9.25 Å². The van der Waals surface area contributed by atoms with Crippen LogP contribution in [0.1, 0.15) is 37.2 Å². The number of hydroxylamine groups is 1. The van der Waals surface area contributed by atoms with E-state index in [1.165, 1.54) is 18.9 Å². The van der Waals surface area contributed by atoms with Crippen LogP contribution >= 0.6 is 0 Å². The first-order valence-electron chi connectivity index (χ1n) is 5.94. The molecule has 1 aliphatic carbocycles. The summed E-state index contributed by atoms with van der Waals surface area (Å²) in [5.41, 5.74) is 2.43. The molecule has 17 heavy (non-hydrogen) atoms. The van der Waals surface area contributed by atoms with E-state index in [9.17, 15) is 4.79 Å². The van der Waals surface area contributed by atoms with Gasteiger partial charge in [0.1, 0.15) is 11.5 Å². The van der Waals surface area contributed by atoms with Crippen molar-refractivity contribution in [3.63, 3.8) is 0 Å². The maximum Gasteiger partial charge on any atom is 0.267 e.